The fraction of sp³-hybridized carbons (Fsp3) is 0.250. The molecule has 3 N–H and O–H groups in total. The molecule has 0 bridgehead atoms. The van der Waals surface area contributed by atoms with Gasteiger partial charge in [0.1, 0.15) is 5.69 Å². The summed E-state index contributed by atoms with van der Waals surface area (Å²) in [4.78, 5) is 13.4. The van der Waals surface area contributed by atoms with Gasteiger partial charge in [-0.05, 0) is 11.6 Å². The summed E-state index contributed by atoms with van der Waals surface area (Å²) >= 11 is 0. The highest BCUT2D eigenvalue weighted by atomic mass is 19.3. The number of nitrogens with two attached hydrogens (primary N) is 1. The van der Waals surface area contributed by atoms with Crippen molar-refractivity contribution in [2.75, 3.05) is 5.73 Å². The van der Waals surface area contributed by atoms with Crippen molar-refractivity contribution in [3.63, 3.8) is 0 Å². The molecule has 0 amide bonds. The van der Waals surface area contributed by atoms with Crippen LogP contribution in [0.15, 0.2) is 6.07 Å². The van der Waals surface area contributed by atoms with Gasteiger partial charge in [-0.25, -0.2) is 18.2 Å². The van der Waals surface area contributed by atoms with Crippen LogP contribution >= 0.6 is 0 Å². The lowest BCUT2D eigenvalue weighted by molar-refractivity contribution is -0.136. The van der Waals surface area contributed by atoms with E-state index in [1.54, 1.807) is 0 Å². The van der Waals surface area contributed by atoms with Crippen LogP contribution in [0.1, 0.15) is 17.7 Å². The number of aromatic nitrogens is 1. The van der Waals surface area contributed by atoms with Crippen LogP contribution < -0.4 is 5.73 Å². The van der Waals surface area contributed by atoms with E-state index in [9.17, 15) is 18.0 Å². The zero-order valence-corrected chi connectivity index (χ0v) is 7.38. The maximum atomic E-state index is 12.8. The molecule has 7 heteroatoms. The maximum absolute atomic E-state index is 12.8. The summed E-state index contributed by atoms with van der Waals surface area (Å²) in [6.07, 6.45) is -3.70. The van der Waals surface area contributed by atoms with E-state index < -0.39 is 36.1 Å². The van der Waals surface area contributed by atoms with E-state index in [1.165, 1.54) is 0 Å². The molecule has 0 saturated heterocycles. The number of carboxylic acid groups (broad SMARTS) is 1. The van der Waals surface area contributed by atoms with Crippen LogP contribution in [0.25, 0.3) is 0 Å². The number of hydrogen-bond acceptors (Lipinski definition) is 3. The molecule has 1 aromatic heterocycles. The quantitative estimate of drug-likeness (QED) is 0.806. The van der Waals surface area contributed by atoms with Crippen LogP contribution in [0.5, 0.6) is 0 Å². The minimum Gasteiger partial charge on any atom is -0.481 e. The number of carbonyl (C=O) groups is 1. The maximum Gasteiger partial charge on any atom is 0.307 e. The van der Waals surface area contributed by atoms with E-state index >= 15 is 0 Å². The van der Waals surface area contributed by atoms with Crippen LogP contribution in [-0.2, 0) is 11.2 Å². The lowest BCUT2D eigenvalue weighted by atomic mass is 10.1. The second-order valence-electron chi connectivity index (χ2n) is 2.77. The van der Waals surface area contributed by atoms with Crippen molar-refractivity contribution in [3.05, 3.63) is 23.1 Å². The van der Waals surface area contributed by atoms with Gasteiger partial charge in [0.15, 0.2) is 11.6 Å². The third-order valence-electron chi connectivity index (χ3n) is 1.66. The average Bonchev–Trinajstić information content (AvgIpc) is 2.09. The third kappa shape index (κ3) is 2.58. The van der Waals surface area contributed by atoms with E-state index in [2.05, 4.69) is 4.98 Å². The highest BCUT2D eigenvalue weighted by Crippen LogP contribution is 2.24. The minimum absolute atomic E-state index is 0.371. The van der Waals surface area contributed by atoms with E-state index in [4.69, 9.17) is 10.8 Å². The van der Waals surface area contributed by atoms with Crippen molar-refractivity contribution in [3.8, 4) is 0 Å². The summed E-state index contributed by atoms with van der Waals surface area (Å²) in [6, 6.07) is 0.665. The van der Waals surface area contributed by atoms with Crippen LogP contribution in [0.2, 0.25) is 0 Å². The Morgan fingerprint density at radius 1 is 1.60 bits per heavy atom. The fourth-order valence-electron chi connectivity index (χ4n) is 1.05. The minimum atomic E-state index is -2.98. The molecule has 0 saturated carbocycles. The summed E-state index contributed by atoms with van der Waals surface area (Å²) in [6.45, 7) is 0. The van der Waals surface area contributed by atoms with Gasteiger partial charge in [0.2, 0.25) is 0 Å². The second kappa shape index (κ2) is 4.16. The molecule has 4 nitrogen and oxygen atoms in total. The van der Waals surface area contributed by atoms with Gasteiger partial charge in [-0.15, -0.1) is 0 Å². The van der Waals surface area contributed by atoms with Crippen LogP contribution in [-0.4, -0.2) is 16.1 Å². The molecule has 0 aliphatic rings. The molecule has 1 rings (SSSR count). The molecular formula is C8H7F3N2O2. The second-order valence-corrected chi connectivity index (χ2v) is 2.77. The highest BCUT2D eigenvalue weighted by molar-refractivity contribution is 5.70. The Hall–Kier alpha value is -1.79. The van der Waals surface area contributed by atoms with Gasteiger partial charge in [0, 0.05) is 0 Å². The first kappa shape index (κ1) is 11.3. The Bertz CT molecular complexity index is 396. The summed E-state index contributed by atoms with van der Waals surface area (Å²) < 4.78 is 37.6. The lowest BCUT2D eigenvalue weighted by Gasteiger charge is -2.07. The normalized spacial score (nSPS) is 10.7. The van der Waals surface area contributed by atoms with Crippen molar-refractivity contribution >= 4 is 11.8 Å². The van der Waals surface area contributed by atoms with Gasteiger partial charge in [0.05, 0.1) is 6.42 Å². The van der Waals surface area contributed by atoms with E-state index in [-0.39, 0.29) is 5.56 Å². The molecule has 0 atom stereocenters. The molecular weight excluding hydrogens is 213 g/mol. The first-order chi connectivity index (χ1) is 6.91. The Morgan fingerprint density at radius 3 is 2.67 bits per heavy atom. The largest absolute Gasteiger partial charge is 0.481 e. The predicted molar refractivity (Wildman–Crippen MR) is 44.9 cm³/mol. The van der Waals surface area contributed by atoms with Crippen molar-refractivity contribution < 1.29 is 23.1 Å². The number of rotatable bonds is 3. The van der Waals surface area contributed by atoms with Gasteiger partial charge in [-0.2, -0.15) is 0 Å². The number of nitrogens with zero attached hydrogens (tertiary/aromatic N) is 1. The van der Waals surface area contributed by atoms with Gasteiger partial charge >= 0.3 is 5.97 Å². The molecule has 0 unspecified atom stereocenters. The van der Waals surface area contributed by atoms with Crippen LogP contribution in [0, 0.1) is 5.82 Å². The van der Waals surface area contributed by atoms with Gasteiger partial charge in [-0.1, -0.05) is 0 Å². The number of pyridine rings is 1. The standard InChI is InChI=1S/C8H7F3N2O2/c9-4-1-3(2-5(14)15)6(7(10)11)13-8(4)12/h1,7H,2H2,(H2,12,13)(H,14,15). The Kier molecular flexibility index (Phi) is 3.13. The zero-order valence-electron chi connectivity index (χ0n) is 7.38. The Morgan fingerprint density at radius 2 is 2.20 bits per heavy atom. The van der Waals surface area contributed by atoms with Gasteiger partial charge in [0.25, 0.3) is 6.43 Å². The SMILES string of the molecule is Nc1nc(C(F)F)c(CC(=O)O)cc1F. The molecule has 0 fully saturated rings. The Balaban J connectivity index is 3.21. The smallest absolute Gasteiger partial charge is 0.307 e. The number of hydrogen-bond donors (Lipinski definition) is 2. The molecule has 1 aromatic rings. The lowest BCUT2D eigenvalue weighted by Crippen LogP contribution is -2.09. The van der Waals surface area contributed by atoms with E-state index in [0.717, 1.165) is 0 Å². The summed E-state index contributed by atoms with van der Waals surface area (Å²) in [5.41, 5.74) is 3.83. The molecule has 0 aliphatic carbocycles. The molecule has 1 heterocycles. The molecule has 0 radical (unpaired) electrons. The predicted octanol–water partition coefficient (Wildman–Crippen LogP) is 1.37. The highest BCUT2D eigenvalue weighted by Gasteiger charge is 2.19. The van der Waals surface area contributed by atoms with Crippen LogP contribution in [0.4, 0.5) is 19.0 Å². The van der Waals surface area contributed by atoms with Crippen molar-refractivity contribution in [2.24, 2.45) is 0 Å². The van der Waals surface area contributed by atoms with E-state index in [1.807, 2.05) is 0 Å². The zero-order chi connectivity index (χ0) is 11.6. The molecule has 0 aliphatic heterocycles. The summed E-state index contributed by atoms with van der Waals surface area (Å²) in [5.74, 6) is -3.02. The number of halogens is 3. The summed E-state index contributed by atoms with van der Waals surface area (Å²) in [7, 11) is 0. The first-order valence-electron chi connectivity index (χ1n) is 3.86. The fourth-order valence-corrected chi connectivity index (χ4v) is 1.05. The number of alkyl halides is 2. The van der Waals surface area contributed by atoms with Gasteiger partial charge in [-0.3, -0.25) is 4.79 Å². The van der Waals surface area contributed by atoms with Crippen LogP contribution in [0.3, 0.4) is 0 Å². The van der Waals surface area contributed by atoms with Crippen molar-refractivity contribution in [1.82, 2.24) is 4.98 Å². The molecule has 82 valence electrons. The molecule has 0 aromatic carbocycles. The van der Waals surface area contributed by atoms with Crippen molar-refractivity contribution in [2.45, 2.75) is 12.8 Å². The van der Waals surface area contributed by atoms with Gasteiger partial charge < -0.3 is 10.8 Å². The monoisotopic (exact) mass is 220 g/mol. The molecule has 0 spiro atoms. The van der Waals surface area contributed by atoms with E-state index in [0.29, 0.717) is 6.07 Å². The third-order valence-corrected chi connectivity index (χ3v) is 1.66. The van der Waals surface area contributed by atoms with Crippen molar-refractivity contribution in [1.29, 1.82) is 0 Å². The topological polar surface area (TPSA) is 76.2 Å². The number of aliphatic carboxylic acids is 1. The number of carboxylic acids is 1. The Labute approximate surface area is 82.5 Å². The number of nitrogen functional groups attached to an aromatic ring is 1. The average molecular weight is 220 g/mol. The number of anilines is 1. The summed E-state index contributed by atoms with van der Waals surface area (Å²) in [5, 5.41) is 8.41. The molecule has 15 heavy (non-hydrogen) atoms. The first-order valence-corrected chi connectivity index (χ1v) is 3.86.